The Morgan fingerprint density at radius 2 is 1.72 bits per heavy atom. The lowest BCUT2D eigenvalue weighted by Gasteiger charge is -2.09. The van der Waals surface area contributed by atoms with Crippen LogP contribution in [0.1, 0.15) is 11.1 Å². The fourth-order valence-corrected chi connectivity index (χ4v) is 3.07. The van der Waals surface area contributed by atoms with Crippen LogP contribution < -0.4 is 4.74 Å². The SMILES string of the molecule is COc1ccc(-n2cnnc2SCc2ccc(C(F)(F)F)cc2)cc1. The van der Waals surface area contributed by atoms with Gasteiger partial charge in [0.15, 0.2) is 5.16 Å². The van der Waals surface area contributed by atoms with Crippen molar-refractivity contribution in [2.45, 2.75) is 17.1 Å². The maximum Gasteiger partial charge on any atom is 0.416 e. The summed E-state index contributed by atoms with van der Waals surface area (Å²) in [5.74, 6) is 1.24. The van der Waals surface area contributed by atoms with Crippen molar-refractivity contribution in [3.05, 3.63) is 66.0 Å². The zero-order chi connectivity index (χ0) is 17.9. The van der Waals surface area contributed by atoms with Crippen LogP contribution >= 0.6 is 11.8 Å². The zero-order valence-electron chi connectivity index (χ0n) is 13.2. The van der Waals surface area contributed by atoms with Gasteiger partial charge in [-0.25, -0.2) is 0 Å². The molecule has 8 heteroatoms. The summed E-state index contributed by atoms with van der Waals surface area (Å²) < 4.78 is 44.7. The van der Waals surface area contributed by atoms with Crippen molar-refractivity contribution in [1.29, 1.82) is 0 Å². The van der Waals surface area contributed by atoms with Gasteiger partial charge >= 0.3 is 6.18 Å². The van der Waals surface area contributed by atoms with Crippen LogP contribution in [0.3, 0.4) is 0 Å². The van der Waals surface area contributed by atoms with Crippen molar-refractivity contribution in [3.63, 3.8) is 0 Å². The van der Waals surface area contributed by atoms with Crippen molar-refractivity contribution in [2.24, 2.45) is 0 Å². The highest BCUT2D eigenvalue weighted by Gasteiger charge is 2.29. The Morgan fingerprint density at radius 1 is 1.04 bits per heavy atom. The molecule has 3 aromatic rings. The van der Waals surface area contributed by atoms with Crippen LogP contribution in [0, 0.1) is 0 Å². The van der Waals surface area contributed by atoms with E-state index < -0.39 is 11.7 Å². The number of methoxy groups -OCH3 is 1. The minimum absolute atomic E-state index is 0.493. The first-order valence-corrected chi connectivity index (χ1v) is 8.29. The van der Waals surface area contributed by atoms with Crippen LogP contribution in [0.25, 0.3) is 5.69 Å². The van der Waals surface area contributed by atoms with Gasteiger partial charge in [-0.1, -0.05) is 23.9 Å². The van der Waals surface area contributed by atoms with E-state index in [-0.39, 0.29) is 0 Å². The molecule has 0 fully saturated rings. The molecule has 4 nitrogen and oxygen atoms in total. The smallest absolute Gasteiger partial charge is 0.416 e. The molecule has 1 heterocycles. The van der Waals surface area contributed by atoms with E-state index in [1.807, 2.05) is 28.8 Å². The number of alkyl halides is 3. The predicted octanol–water partition coefficient (Wildman–Crippen LogP) is 4.59. The molecule has 0 spiro atoms. The van der Waals surface area contributed by atoms with Gasteiger partial charge < -0.3 is 4.74 Å². The molecule has 0 amide bonds. The van der Waals surface area contributed by atoms with E-state index in [2.05, 4.69) is 10.2 Å². The minimum Gasteiger partial charge on any atom is -0.497 e. The van der Waals surface area contributed by atoms with Crippen LogP contribution in [0.15, 0.2) is 60.0 Å². The average molecular weight is 365 g/mol. The van der Waals surface area contributed by atoms with Gasteiger partial charge in [0.25, 0.3) is 0 Å². The summed E-state index contributed by atoms with van der Waals surface area (Å²) in [5, 5.41) is 8.64. The molecule has 0 saturated heterocycles. The molecule has 0 atom stereocenters. The first-order chi connectivity index (χ1) is 12.0. The lowest BCUT2D eigenvalue weighted by atomic mass is 10.1. The van der Waals surface area contributed by atoms with E-state index in [1.165, 1.54) is 23.9 Å². The van der Waals surface area contributed by atoms with Crippen LogP contribution in [0.5, 0.6) is 5.75 Å². The Balaban J connectivity index is 1.71. The normalized spacial score (nSPS) is 11.5. The van der Waals surface area contributed by atoms with Gasteiger partial charge in [-0.05, 0) is 42.0 Å². The lowest BCUT2D eigenvalue weighted by molar-refractivity contribution is -0.137. The maximum absolute atomic E-state index is 12.6. The second-order valence-electron chi connectivity index (χ2n) is 5.16. The van der Waals surface area contributed by atoms with E-state index in [4.69, 9.17) is 4.74 Å². The summed E-state index contributed by atoms with van der Waals surface area (Å²) >= 11 is 1.40. The Hall–Kier alpha value is -2.48. The van der Waals surface area contributed by atoms with Gasteiger partial charge in [0.1, 0.15) is 12.1 Å². The average Bonchev–Trinajstić information content (AvgIpc) is 3.08. The first-order valence-electron chi connectivity index (χ1n) is 7.31. The molecule has 2 aromatic carbocycles. The fourth-order valence-electron chi connectivity index (χ4n) is 2.18. The van der Waals surface area contributed by atoms with Crippen molar-refractivity contribution in [3.8, 4) is 11.4 Å². The highest BCUT2D eigenvalue weighted by Crippen LogP contribution is 2.30. The van der Waals surface area contributed by atoms with Gasteiger partial charge in [0, 0.05) is 11.4 Å². The molecule has 0 aliphatic rings. The zero-order valence-corrected chi connectivity index (χ0v) is 14.0. The number of aromatic nitrogens is 3. The largest absolute Gasteiger partial charge is 0.497 e. The summed E-state index contributed by atoms with van der Waals surface area (Å²) in [6.45, 7) is 0. The predicted molar refractivity (Wildman–Crippen MR) is 88.9 cm³/mol. The number of hydrogen-bond donors (Lipinski definition) is 0. The number of hydrogen-bond acceptors (Lipinski definition) is 4. The molecule has 3 rings (SSSR count). The molecule has 0 bridgehead atoms. The number of ether oxygens (including phenoxy) is 1. The van der Waals surface area contributed by atoms with Crippen molar-refractivity contribution in [2.75, 3.05) is 7.11 Å². The number of rotatable bonds is 5. The van der Waals surface area contributed by atoms with E-state index >= 15 is 0 Å². The molecule has 0 radical (unpaired) electrons. The monoisotopic (exact) mass is 365 g/mol. The van der Waals surface area contributed by atoms with Crippen LogP contribution in [-0.4, -0.2) is 21.9 Å². The summed E-state index contributed by atoms with van der Waals surface area (Å²) in [6.07, 6.45) is -2.73. The van der Waals surface area contributed by atoms with Crippen LogP contribution in [0.2, 0.25) is 0 Å². The number of benzene rings is 2. The fraction of sp³-hybridized carbons (Fsp3) is 0.176. The Kier molecular flexibility index (Phi) is 4.98. The molecule has 0 aliphatic carbocycles. The molecule has 25 heavy (non-hydrogen) atoms. The molecule has 0 unspecified atom stereocenters. The van der Waals surface area contributed by atoms with Gasteiger partial charge in [-0.15, -0.1) is 10.2 Å². The third kappa shape index (κ3) is 4.14. The summed E-state index contributed by atoms with van der Waals surface area (Å²) in [4.78, 5) is 0. The maximum atomic E-state index is 12.6. The quantitative estimate of drug-likeness (QED) is 0.620. The molecule has 130 valence electrons. The van der Waals surface area contributed by atoms with Crippen LogP contribution in [0.4, 0.5) is 13.2 Å². The topological polar surface area (TPSA) is 39.9 Å². The first kappa shape index (κ1) is 17.3. The van der Waals surface area contributed by atoms with E-state index in [0.29, 0.717) is 10.9 Å². The van der Waals surface area contributed by atoms with Gasteiger partial charge in [0.2, 0.25) is 0 Å². The third-order valence-electron chi connectivity index (χ3n) is 3.52. The van der Waals surface area contributed by atoms with Crippen molar-refractivity contribution >= 4 is 11.8 Å². The lowest BCUT2D eigenvalue weighted by Crippen LogP contribution is -2.04. The molecule has 0 saturated carbocycles. The van der Waals surface area contributed by atoms with E-state index in [1.54, 1.807) is 13.4 Å². The number of thioether (sulfide) groups is 1. The second kappa shape index (κ2) is 7.18. The summed E-state index contributed by atoms with van der Waals surface area (Å²) in [7, 11) is 1.60. The van der Waals surface area contributed by atoms with Crippen molar-refractivity contribution < 1.29 is 17.9 Å². The van der Waals surface area contributed by atoms with Gasteiger partial charge in [-0.2, -0.15) is 13.2 Å². The molecule has 0 aliphatic heterocycles. The van der Waals surface area contributed by atoms with Gasteiger partial charge in [0.05, 0.1) is 12.7 Å². The van der Waals surface area contributed by atoms with Crippen LogP contribution in [-0.2, 0) is 11.9 Å². The molecular weight excluding hydrogens is 351 g/mol. The molecular formula is C17H14F3N3OS. The minimum atomic E-state index is -4.32. The van der Waals surface area contributed by atoms with E-state index in [9.17, 15) is 13.2 Å². The third-order valence-corrected chi connectivity index (χ3v) is 4.53. The molecule has 1 aromatic heterocycles. The van der Waals surface area contributed by atoms with Gasteiger partial charge in [-0.3, -0.25) is 4.57 Å². The van der Waals surface area contributed by atoms with E-state index in [0.717, 1.165) is 29.1 Å². The molecule has 0 N–H and O–H groups in total. The van der Waals surface area contributed by atoms with Crippen molar-refractivity contribution in [1.82, 2.24) is 14.8 Å². The highest BCUT2D eigenvalue weighted by atomic mass is 32.2. The second-order valence-corrected chi connectivity index (χ2v) is 6.11. The summed E-state index contributed by atoms with van der Waals surface area (Å²) in [5.41, 5.74) is 1.01. The Bertz CT molecular complexity index is 830. The standard InChI is InChI=1S/C17H14F3N3OS/c1-24-15-8-6-14(7-9-15)23-11-21-22-16(23)25-10-12-2-4-13(5-3-12)17(18,19)20/h2-9,11H,10H2,1H3. The Labute approximate surface area is 146 Å². The summed E-state index contributed by atoms with van der Waals surface area (Å²) in [6, 6.07) is 12.6. The number of nitrogens with zero attached hydrogens (tertiary/aromatic N) is 3. The Morgan fingerprint density at radius 3 is 2.32 bits per heavy atom. The highest BCUT2D eigenvalue weighted by molar-refractivity contribution is 7.98. The number of halogens is 3.